The Labute approximate surface area is 99.3 Å². The monoisotopic (exact) mass is 226 g/mol. The molecule has 2 N–H and O–H groups in total. The van der Waals surface area contributed by atoms with Crippen LogP contribution in [0.4, 0.5) is 0 Å². The van der Waals surface area contributed by atoms with Crippen molar-refractivity contribution in [3.63, 3.8) is 0 Å². The number of hydrogen-bond acceptors (Lipinski definition) is 3. The summed E-state index contributed by atoms with van der Waals surface area (Å²) in [6.45, 7) is 7.73. The molecule has 0 bridgehead atoms. The van der Waals surface area contributed by atoms with Crippen LogP contribution in [-0.2, 0) is 4.74 Å². The number of unbranched alkanes of at least 4 members (excludes halogenated alkanes) is 1. The second-order valence-electron chi connectivity index (χ2n) is 5.39. The van der Waals surface area contributed by atoms with Crippen LogP contribution in [0.3, 0.4) is 0 Å². The molecular weight excluding hydrogens is 200 g/mol. The number of ether oxygens (including phenoxy) is 1. The standard InChI is InChI=1S/C13H26N2O/c1-2-3-6-15-7-4-12(13(14)9-15)11-5-8-16-10-11/h11-13H,2-10,14H2,1H3. The van der Waals surface area contributed by atoms with E-state index in [9.17, 15) is 0 Å². The highest BCUT2D eigenvalue weighted by Gasteiger charge is 2.34. The van der Waals surface area contributed by atoms with Gasteiger partial charge in [0.25, 0.3) is 0 Å². The fourth-order valence-corrected chi connectivity index (χ4v) is 3.13. The molecule has 2 saturated heterocycles. The Kier molecular flexibility index (Phi) is 4.62. The topological polar surface area (TPSA) is 38.5 Å². The first-order valence-electron chi connectivity index (χ1n) is 6.87. The minimum atomic E-state index is 0.373. The Bertz CT molecular complexity index is 204. The predicted molar refractivity (Wildman–Crippen MR) is 66.4 cm³/mol. The molecule has 3 atom stereocenters. The third-order valence-corrected chi connectivity index (χ3v) is 4.20. The first-order chi connectivity index (χ1) is 7.81. The van der Waals surface area contributed by atoms with Gasteiger partial charge in [-0.25, -0.2) is 0 Å². The van der Waals surface area contributed by atoms with Crippen molar-refractivity contribution in [2.75, 3.05) is 32.8 Å². The van der Waals surface area contributed by atoms with Gasteiger partial charge in [0.05, 0.1) is 0 Å². The Balaban J connectivity index is 1.78. The van der Waals surface area contributed by atoms with E-state index in [1.165, 1.54) is 38.8 Å². The van der Waals surface area contributed by atoms with Crippen molar-refractivity contribution in [3.8, 4) is 0 Å². The lowest BCUT2D eigenvalue weighted by Crippen LogP contribution is -2.50. The molecule has 94 valence electrons. The molecule has 2 heterocycles. The van der Waals surface area contributed by atoms with Crippen LogP contribution in [0.1, 0.15) is 32.6 Å². The molecule has 0 spiro atoms. The highest BCUT2D eigenvalue weighted by atomic mass is 16.5. The van der Waals surface area contributed by atoms with Crippen molar-refractivity contribution < 1.29 is 4.74 Å². The van der Waals surface area contributed by atoms with Crippen molar-refractivity contribution >= 4 is 0 Å². The van der Waals surface area contributed by atoms with Gasteiger partial charge in [-0.15, -0.1) is 0 Å². The molecule has 2 fully saturated rings. The van der Waals surface area contributed by atoms with E-state index in [0.717, 1.165) is 25.7 Å². The van der Waals surface area contributed by atoms with Gasteiger partial charge >= 0.3 is 0 Å². The molecule has 0 radical (unpaired) electrons. The third kappa shape index (κ3) is 2.96. The molecule has 0 aliphatic carbocycles. The molecule has 2 aliphatic rings. The van der Waals surface area contributed by atoms with Crippen LogP contribution < -0.4 is 5.73 Å². The molecule has 3 nitrogen and oxygen atoms in total. The van der Waals surface area contributed by atoms with Gasteiger partial charge in [-0.2, -0.15) is 0 Å². The first kappa shape index (κ1) is 12.3. The van der Waals surface area contributed by atoms with E-state index in [0.29, 0.717) is 12.0 Å². The molecule has 0 aromatic heterocycles. The zero-order chi connectivity index (χ0) is 11.4. The molecule has 0 aromatic rings. The van der Waals surface area contributed by atoms with Gasteiger partial charge < -0.3 is 15.4 Å². The molecule has 2 aliphatic heterocycles. The summed E-state index contributed by atoms with van der Waals surface area (Å²) in [6, 6.07) is 0.373. The van der Waals surface area contributed by atoms with E-state index < -0.39 is 0 Å². The summed E-state index contributed by atoms with van der Waals surface area (Å²) < 4.78 is 5.48. The second-order valence-corrected chi connectivity index (χ2v) is 5.39. The van der Waals surface area contributed by atoms with E-state index >= 15 is 0 Å². The Morgan fingerprint density at radius 1 is 1.38 bits per heavy atom. The molecular formula is C13H26N2O. The van der Waals surface area contributed by atoms with Crippen LogP contribution in [0.5, 0.6) is 0 Å². The summed E-state index contributed by atoms with van der Waals surface area (Å²) in [6.07, 6.45) is 5.10. The van der Waals surface area contributed by atoms with Crippen LogP contribution in [0, 0.1) is 11.8 Å². The maximum atomic E-state index is 6.32. The minimum Gasteiger partial charge on any atom is -0.381 e. The van der Waals surface area contributed by atoms with Gasteiger partial charge in [0.15, 0.2) is 0 Å². The van der Waals surface area contributed by atoms with Crippen LogP contribution in [0.15, 0.2) is 0 Å². The Morgan fingerprint density at radius 2 is 2.25 bits per heavy atom. The average molecular weight is 226 g/mol. The summed E-state index contributed by atoms with van der Waals surface area (Å²) in [7, 11) is 0. The number of nitrogens with zero attached hydrogens (tertiary/aromatic N) is 1. The average Bonchev–Trinajstić information content (AvgIpc) is 2.80. The summed E-state index contributed by atoms with van der Waals surface area (Å²) in [5.74, 6) is 1.45. The van der Waals surface area contributed by atoms with Gasteiger partial charge in [0.1, 0.15) is 0 Å². The zero-order valence-electron chi connectivity index (χ0n) is 10.5. The van der Waals surface area contributed by atoms with Gasteiger partial charge in [-0.3, -0.25) is 0 Å². The summed E-state index contributed by atoms with van der Waals surface area (Å²) in [4.78, 5) is 2.54. The maximum absolute atomic E-state index is 6.32. The van der Waals surface area contributed by atoms with Crippen LogP contribution in [0.2, 0.25) is 0 Å². The van der Waals surface area contributed by atoms with Gasteiger partial charge in [0.2, 0.25) is 0 Å². The van der Waals surface area contributed by atoms with Gasteiger partial charge in [-0.1, -0.05) is 13.3 Å². The maximum Gasteiger partial charge on any atom is 0.0498 e. The van der Waals surface area contributed by atoms with Crippen molar-refractivity contribution in [2.24, 2.45) is 17.6 Å². The number of likely N-dealkylation sites (tertiary alicyclic amines) is 1. The van der Waals surface area contributed by atoms with Crippen molar-refractivity contribution in [3.05, 3.63) is 0 Å². The summed E-state index contributed by atoms with van der Waals surface area (Å²) in [5.41, 5.74) is 6.32. The molecule has 3 heteroatoms. The van der Waals surface area contributed by atoms with Gasteiger partial charge in [-0.05, 0) is 44.2 Å². The Morgan fingerprint density at radius 3 is 2.88 bits per heavy atom. The van der Waals surface area contributed by atoms with Crippen molar-refractivity contribution in [2.45, 2.75) is 38.6 Å². The number of piperidine rings is 1. The van der Waals surface area contributed by atoms with E-state index in [4.69, 9.17) is 10.5 Å². The van der Waals surface area contributed by atoms with Crippen molar-refractivity contribution in [1.29, 1.82) is 0 Å². The lowest BCUT2D eigenvalue weighted by atomic mass is 9.80. The van der Waals surface area contributed by atoms with E-state index in [-0.39, 0.29) is 0 Å². The summed E-state index contributed by atoms with van der Waals surface area (Å²) in [5, 5.41) is 0. The highest BCUT2D eigenvalue weighted by Crippen LogP contribution is 2.30. The van der Waals surface area contributed by atoms with Crippen LogP contribution in [0.25, 0.3) is 0 Å². The van der Waals surface area contributed by atoms with Crippen molar-refractivity contribution in [1.82, 2.24) is 4.90 Å². The SMILES string of the molecule is CCCCN1CCC(C2CCOC2)C(N)C1. The molecule has 16 heavy (non-hydrogen) atoms. The zero-order valence-corrected chi connectivity index (χ0v) is 10.5. The summed E-state index contributed by atoms with van der Waals surface area (Å²) >= 11 is 0. The largest absolute Gasteiger partial charge is 0.381 e. The molecule has 0 amide bonds. The lowest BCUT2D eigenvalue weighted by molar-refractivity contribution is 0.107. The second kappa shape index (κ2) is 5.99. The smallest absolute Gasteiger partial charge is 0.0498 e. The van der Waals surface area contributed by atoms with Crippen LogP contribution >= 0.6 is 0 Å². The lowest BCUT2D eigenvalue weighted by Gasteiger charge is -2.39. The van der Waals surface area contributed by atoms with E-state index in [2.05, 4.69) is 11.8 Å². The predicted octanol–water partition coefficient (Wildman–Crippen LogP) is 1.47. The number of nitrogens with two attached hydrogens (primary N) is 1. The van der Waals surface area contributed by atoms with E-state index in [1.54, 1.807) is 0 Å². The first-order valence-corrected chi connectivity index (χ1v) is 6.87. The number of hydrogen-bond donors (Lipinski definition) is 1. The van der Waals surface area contributed by atoms with E-state index in [1.807, 2.05) is 0 Å². The van der Waals surface area contributed by atoms with Gasteiger partial charge in [0, 0.05) is 25.8 Å². The third-order valence-electron chi connectivity index (χ3n) is 4.20. The quantitative estimate of drug-likeness (QED) is 0.789. The normalized spacial score (nSPS) is 36.8. The molecule has 3 unspecified atom stereocenters. The Hall–Kier alpha value is -0.120. The fraction of sp³-hybridized carbons (Fsp3) is 1.00. The minimum absolute atomic E-state index is 0.373. The molecule has 0 aromatic carbocycles. The number of rotatable bonds is 4. The molecule has 0 saturated carbocycles. The fourth-order valence-electron chi connectivity index (χ4n) is 3.13. The highest BCUT2D eigenvalue weighted by molar-refractivity contribution is 4.88. The molecule has 2 rings (SSSR count). The van der Waals surface area contributed by atoms with Crippen LogP contribution in [-0.4, -0.2) is 43.8 Å².